The van der Waals surface area contributed by atoms with Crippen LogP contribution in [0.25, 0.3) is 0 Å². The van der Waals surface area contributed by atoms with Gasteiger partial charge in [-0.2, -0.15) is 0 Å². The Kier molecular flexibility index (Phi) is 5.50. The van der Waals surface area contributed by atoms with Crippen molar-refractivity contribution in [2.75, 3.05) is 6.61 Å². The van der Waals surface area contributed by atoms with Crippen LogP contribution in [0.3, 0.4) is 0 Å². The first-order valence-electron chi connectivity index (χ1n) is 6.49. The first-order chi connectivity index (χ1) is 9.31. The van der Waals surface area contributed by atoms with Crippen LogP contribution in [0.15, 0.2) is 0 Å². The Morgan fingerprint density at radius 3 is 2.30 bits per heavy atom. The molecule has 1 rings (SSSR count). The number of carbonyl (C=O) groups excluding carboxylic acids is 3. The van der Waals surface area contributed by atoms with E-state index in [2.05, 4.69) is 0 Å². The van der Waals surface area contributed by atoms with Crippen molar-refractivity contribution in [3.63, 3.8) is 0 Å². The van der Waals surface area contributed by atoms with Crippen molar-refractivity contribution < 1.29 is 33.3 Å². The normalized spacial score (nSPS) is 26.7. The monoisotopic (exact) mass is 288 g/mol. The Morgan fingerprint density at radius 1 is 1.20 bits per heavy atom. The van der Waals surface area contributed by atoms with Gasteiger partial charge in [-0.15, -0.1) is 0 Å². The number of rotatable bonds is 5. The van der Waals surface area contributed by atoms with Gasteiger partial charge in [-0.1, -0.05) is 6.92 Å². The third-order valence-corrected chi connectivity index (χ3v) is 2.90. The zero-order valence-corrected chi connectivity index (χ0v) is 12.1. The first kappa shape index (κ1) is 16.4. The van der Waals surface area contributed by atoms with E-state index in [4.69, 9.17) is 18.9 Å². The molecule has 1 heterocycles. The molecule has 0 radical (unpaired) electrons. The second kappa shape index (κ2) is 6.69. The third kappa shape index (κ3) is 3.69. The van der Waals surface area contributed by atoms with Gasteiger partial charge < -0.3 is 18.9 Å². The van der Waals surface area contributed by atoms with Crippen LogP contribution in [0.2, 0.25) is 0 Å². The molecule has 0 spiro atoms. The Bertz CT molecular complexity index is 392. The van der Waals surface area contributed by atoms with Crippen molar-refractivity contribution in [2.45, 2.75) is 58.5 Å². The van der Waals surface area contributed by atoms with Crippen LogP contribution in [0, 0.1) is 0 Å². The summed E-state index contributed by atoms with van der Waals surface area (Å²) >= 11 is 0. The predicted molar refractivity (Wildman–Crippen MR) is 66.5 cm³/mol. The molecule has 7 nitrogen and oxygen atoms in total. The van der Waals surface area contributed by atoms with Gasteiger partial charge in [0.05, 0.1) is 6.61 Å². The number of hydrogen-bond acceptors (Lipinski definition) is 7. The summed E-state index contributed by atoms with van der Waals surface area (Å²) < 4.78 is 21.1. The SMILES string of the molecule is CC[C@H](OC(C)=O)C1(OC(C)=O)OCCC1OC(C)=O. The number of esters is 3. The molecule has 20 heavy (non-hydrogen) atoms. The molecule has 0 N–H and O–H groups in total. The summed E-state index contributed by atoms with van der Waals surface area (Å²) in [5.74, 6) is -3.22. The lowest BCUT2D eigenvalue weighted by atomic mass is 10.0. The summed E-state index contributed by atoms with van der Waals surface area (Å²) in [6.45, 7) is 5.71. The molecule has 1 fully saturated rings. The molecule has 1 saturated heterocycles. The van der Waals surface area contributed by atoms with Gasteiger partial charge in [-0.05, 0) is 6.42 Å². The second-order valence-corrected chi connectivity index (χ2v) is 4.56. The van der Waals surface area contributed by atoms with E-state index in [9.17, 15) is 14.4 Å². The van der Waals surface area contributed by atoms with Gasteiger partial charge in [-0.25, -0.2) is 0 Å². The fraction of sp³-hybridized carbons (Fsp3) is 0.769. The van der Waals surface area contributed by atoms with Crippen molar-refractivity contribution >= 4 is 17.9 Å². The molecule has 0 aromatic heterocycles. The van der Waals surface area contributed by atoms with Crippen LogP contribution in [0.1, 0.15) is 40.5 Å². The summed E-state index contributed by atoms with van der Waals surface area (Å²) in [6.07, 6.45) is -0.918. The highest BCUT2D eigenvalue weighted by molar-refractivity contribution is 5.68. The Balaban J connectivity index is 3.08. The molecule has 1 aliphatic rings. The summed E-state index contributed by atoms with van der Waals surface area (Å²) in [7, 11) is 0. The van der Waals surface area contributed by atoms with E-state index in [-0.39, 0.29) is 6.61 Å². The zero-order valence-electron chi connectivity index (χ0n) is 12.1. The van der Waals surface area contributed by atoms with E-state index < -0.39 is 35.9 Å². The van der Waals surface area contributed by atoms with Gasteiger partial charge in [0, 0.05) is 27.2 Å². The highest BCUT2D eigenvalue weighted by atomic mass is 16.8. The average Bonchev–Trinajstić information content (AvgIpc) is 2.68. The van der Waals surface area contributed by atoms with E-state index in [1.54, 1.807) is 6.92 Å². The second-order valence-electron chi connectivity index (χ2n) is 4.56. The van der Waals surface area contributed by atoms with Crippen molar-refractivity contribution in [1.82, 2.24) is 0 Å². The minimum Gasteiger partial charge on any atom is -0.455 e. The highest BCUT2D eigenvalue weighted by Crippen LogP contribution is 2.36. The molecular formula is C13H20O7. The number of ether oxygens (including phenoxy) is 4. The topological polar surface area (TPSA) is 88.1 Å². The van der Waals surface area contributed by atoms with E-state index in [1.165, 1.54) is 20.8 Å². The number of carbonyl (C=O) groups is 3. The molecule has 0 aromatic carbocycles. The van der Waals surface area contributed by atoms with E-state index in [1.807, 2.05) is 0 Å². The van der Waals surface area contributed by atoms with Crippen LogP contribution < -0.4 is 0 Å². The lowest BCUT2D eigenvalue weighted by Crippen LogP contribution is -2.55. The third-order valence-electron chi connectivity index (χ3n) is 2.90. The van der Waals surface area contributed by atoms with Crippen LogP contribution in [-0.4, -0.2) is 42.5 Å². The largest absolute Gasteiger partial charge is 0.455 e. The lowest BCUT2D eigenvalue weighted by molar-refractivity contribution is -0.283. The Hall–Kier alpha value is -1.63. The maximum atomic E-state index is 11.4. The van der Waals surface area contributed by atoms with Crippen molar-refractivity contribution in [3.8, 4) is 0 Å². The van der Waals surface area contributed by atoms with Gasteiger partial charge in [0.25, 0.3) is 5.79 Å². The Labute approximate surface area is 117 Å². The van der Waals surface area contributed by atoms with Gasteiger partial charge in [0.2, 0.25) is 0 Å². The molecular weight excluding hydrogens is 268 g/mol. The van der Waals surface area contributed by atoms with Crippen LogP contribution in [0.5, 0.6) is 0 Å². The van der Waals surface area contributed by atoms with Gasteiger partial charge in [0.1, 0.15) is 0 Å². The average molecular weight is 288 g/mol. The molecule has 0 aromatic rings. The Morgan fingerprint density at radius 2 is 1.85 bits per heavy atom. The van der Waals surface area contributed by atoms with Gasteiger partial charge in [0.15, 0.2) is 12.2 Å². The highest BCUT2D eigenvalue weighted by Gasteiger charge is 2.57. The zero-order chi connectivity index (χ0) is 15.3. The molecule has 0 aliphatic carbocycles. The summed E-state index contributed by atoms with van der Waals surface area (Å²) in [5.41, 5.74) is 0. The van der Waals surface area contributed by atoms with Crippen LogP contribution in [-0.2, 0) is 33.3 Å². The molecule has 114 valence electrons. The standard InChI is InChI=1S/C13H20O7/c1-5-11(18-8(2)14)13(20-10(4)16)12(6-7-17-13)19-9(3)15/h11-12H,5-7H2,1-4H3/t11-,12?,13?/m0/s1. The van der Waals surface area contributed by atoms with Crippen molar-refractivity contribution in [3.05, 3.63) is 0 Å². The maximum Gasteiger partial charge on any atom is 0.305 e. The van der Waals surface area contributed by atoms with E-state index >= 15 is 0 Å². The minimum absolute atomic E-state index is 0.239. The fourth-order valence-corrected chi connectivity index (χ4v) is 2.30. The van der Waals surface area contributed by atoms with Crippen LogP contribution >= 0.6 is 0 Å². The summed E-state index contributed by atoms with van der Waals surface area (Å²) in [4.78, 5) is 33.7. The first-order valence-corrected chi connectivity index (χ1v) is 6.49. The van der Waals surface area contributed by atoms with Crippen molar-refractivity contribution in [1.29, 1.82) is 0 Å². The summed E-state index contributed by atoms with van der Waals surface area (Å²) in [6, 6.07) is 0. The lowest BCUT2D eigenvalue weighted by Gasteiger charge is -2.37. The fourth-order valence-electron chi connectivity index (χ4n) is 2.30. The van der Waals surface area contributed by atoms with E-state index in [0.29, 0.717) is 12.8 Å². The molecule has 3 atom stereocenters. The molecule has 0 bridgehead atoms. The smallest absolute Gasteiger partial charge is 0.305 e. The molecule has 1 aliphatic heterocycles. The van der Waals surface area contributed by atoms with Crippen molar-refractivity contribution in [2.24, 2.45) is 0 Å². The molecule has 0 amide bonds. The van der Waals surface area contributed by atoms with Gasteiger partial charge in [-0.3, -0.25) is 14.4 Å². The van der Waals surface area contributed by atoms with Gasteiger partial charge >= 0.3 is 17.9 Å². The van der Waals surface area contributed by atoms with E-state index in [0.717, 1.165) is 0 Å². The number of hydrogen-bond donors (Lipinski definition) is 0. The maximum absolute atomic E-state index is 11.4. The molecule has 2 unspecified atom stereocenters. The van der Waals surface area contributed by atoms with Crippen LogP contribution in [0.4, 0.5) is 0 Å². The summed E-state index contributed by atoms with van der Waals surface area (Å²) in [5, 5.41) is 0. The molecule has 7 heteroatoms. The minimum atomic E-state index is -1.57. The quantitative estimate of drug-likeness (QED) is 0.549. The molecule has 0 saturated carbocycles. The predicted octanol–water partition coefficient (Wildman–Crippen LogP) is 0.939.